The number of carbonyl (C=O) groups excluding carboxylic acids is 1. The number of nitrogens with one attached hydrogen (secondary N) is 1. The maximum Gasteiger partial charge on any atom is 0.233 e. The molecule has 1 N–H and O–H groups in total. The summed E-state index contributed by atoms with van der Waals surface area (Å²) in [7, 11) is 1.64. The van der Waals surface area contributed by atoms with Gasteiger partial charge in [-0.2, -0.15) is 0 Å². The Morgan fingerprint density at radius 1 is 1.46 bits per heavy atom. The van der Waals surface area contributed by atoms with E-state index in [1.54, 1.807) is 13.2 Å². The summed E-state index contributed by atoms with van der Waals surface area (Å²) in [5.74, 6) is 1.50. The smallest absolute Gasteiger partial charge is 0.233 e. The summed E-state index contributed by atoms with van der Waals surface area (Å²) in [6.45, 7) is 7.39. The Labute approximate surface area is 169 Å². The van der Waals surface area contributed by atoms with Crippen molar-refractivity contribution in [1.29, 1.82) is 0 Å². The Balaban J connectivity index is 1.85. The lowest BCUT2D eigenvalue weighted by Gasteiger charge is -2.16. The van der Waals surface area contributed by atoms with Crippen LogP contribution < -0.4 is 10.1 Å². The molecule has 0 saturated carbocycles. The van der Waals surface area contributed by atoms with Gasteiger partial charge in [0, 0.05) is 18.7 Å². The summed E-state index contributed by atoms with van der Waals surface area (Å²) in [5, 5.41) is 12.0. The molecule has 150 valence electrons. The van der Waals surface area contributed by atoms with Crippen LogP contribution in [0.1, 0.15) is 19.8 Å². The number of aromatic nitrogens is 3. The Kier molecular flexibility index (Phi) is 7.11. The van der Waals surface area contributed by atoms with Gasteiger partial charge in [0.1, 0.15) is 5.75 Å². The first-order chi connectivity index (χ1) is 13.6. The van der Waals surface area contributed by atoms with E-state index in [9.17, 15) is 4.79 Å². The van der Waals surface area contributed by atoms with Crippen LogP contribution in [0.2, 0.25) is 0 Å². The highest BCUT2D eigenvalue weighted by atomic mass is 32.2. The monoisotopic (exact) mass is 402 g/mol. The molecule has 0 bridgehead atoms. The number of hydrogen-bond donors (Lipinski definition) is 1. The molecule has 0 aliphatic carbocycles. The largest absolute Gasteiger partial charge is 0.497 e. The maximum atomic E-state index is 12.2. The number of ether oxygens (including phenoxy) is 2. The predicted octanol–water partition coefficient (Wildman–Crippen LogP) is 2.92. The maximum absolute atomic E-state index is 12.2. The average Bonchev–Trinajstić information content (AvgIpc) is 3.37. The van der Waals surface area contributed by atoms with Crippen molar-refractivity contribution in [2.45, 2.75) is 42.8 Å². The average molecular weight is 403 g/mol. The fraction of sp³-hybridized carbons (Fsp3) is 0.450. The van der Waals surface area contributed by atoms with Crippen LogP contribution in [0.3, 0.4) is 0 Å². The molecule has 2 heterocycles. The number of carbonyl (C=O) groups is 1. The summed E-state index contributed by atoms with van der Waals surface area (Å²) in [6.07, 6.45) is 3.88. The molecule has 1 saturated heterocycles. The molecule has 1 aliphatic heterocycles. The van der Waals surface area contributed by atoms with Crippen LogP contribution in [0.25, 0.3) is 11.4 Å². The van der Waals surface area contributed by atoms with Crippen molar-refractivity contribution in [2.75, 3.05) is 20.3 Å². The number of benzene rings is 1. The highest BCUT2D eigenvalue weighted by Gasteiger charge is 2.24. The second-order valence-corrected chi connectivity index (χ2v) is 7.88. The zero-order valence-electron chi connectivity index (χ0n) is 16.3. The molecule has 3 rings (SSSR count). The third kappa shape index (κ3) is 4.94. The number of amides is 1. The van der Waals surface area contributed by atoms with Crippen molar-refractivity contribution < 1.29 is 14.3 Å². The van der Waals surface area contributed by atoms with Crippen LogP contribution in [0, 0.1) is 0 Å². The molecule has 2 aromatic rings. The van der Waals surface area contributed by atoms with Crippen molar-refractivity contribution in [3.8, 4) is 17.1 Å². The minimum Gasteiger partial charge on any atom is -0.497 e. The van der Waals surface area contributed by atoms with E-state index in [-0.39, 0.29) is 17.3 Å². The summed E-state index contributed by atoms with van der Waals surface area (Å²) in [4.78, 5) is 12.2. The quantitative estimate of drug-likeness (QED) is 0.513. The van der Waals surface area contributed by atoms with Gasteiger partial charge in [0.05, 0.1) is 25.0 Å². The molecule has 1 aromatic carbocycles. The first kappa shape index (κ1) is 20.4. The molecule has 28 heavy (non-hydrogen) atoms. The molecule has 7 nitrogen and oxygen atoms in total. The van der Waals surface area contributed by atoms with Crippen LogP contribution in [-0.4, -0.2) is 52.3 Å². The third-order valence-electron chi connectivity index (χ3n) is 4.55. The van der Waals surface area contributed by atoms with Crippen molar-refractivity contribution >= 4 is 17.7 Å². The van der Waals surface area contributed by atoms with E-state index in [2.05, 4.69) is 26.7 Å². The lowest BCUT2D eigenvalue weighted by atomic mass is 10.2. The van der Waals surface area contributed by atoms with Crippen molar-refractivity contribution in [2.24, 2.45) is 0 Å². The van der Waals surface area contributed by atoms with Crippen molar-refractivity contribution in [3.63, 3.8) is 0 Å². The molecule has 8 heteroatoms. The molecule has 0 spiro atoms. The fourth-order valence-electron chi connectivity index (χ4n) is 3.01. The van der Waals surface area contributed by atoms with Gasteiger partial charge in [-0.05, 0) is 44.0 Å². The van der Waals surface area contributed by atoms with Crippen LogP contribution in [0.4, 0.5) is 0 Å². The zero-order chi connectivity index (χ0) is 19.9. The lowest BCUT2D eigenvalue weighted by molar-refractivity contribution is -0.120. The molecule has 2 unspecified atom stereocenters. The molecule has 0 radical (unpaired) electrons. The zero-order valence-corrected chi connectivity index (χ0v) is 17.1. The van der Waals surface area contributed by atoms with Crippen LogP contribution in [-0.2, 0) is 16.1 Å². The van der Waals surface area contributed by atoms with Gasteiger partial charge in [-0.3, -0.25) is 9.36 Å². The van der Waals surface area contributed by atoms with Gasteiger partial charge in [0.25, 0.3) is 0 Å². The molecular formula is C20H26N4O3S. The molecular weight excluding hydrogens is 376 g/mol. The SMILES string of the molecule is C=CCNC(=O)C(C)Sc1nnc(-c2ccc(OC)cc2)n1CC1CCCO1. The molecule has 1 amide bonds. The second-order valence-electron chi connectivity index (χ2n) is 6.57. The van der Waals surface area contributed by atoms with E-state index in [1.165, 1.54) is 11.8 Å². The van der Waals surface area contributed by atoms with Gasteiger partial charge in [0.15, 0.2) is 11.0 Å². The van der Waals surface area contributed by atoms with Crippen LogP contribution in [0.15, 0.2) is 42.1 Å². The van der Waals surface area contributed by atoms with E-state index in [0.717, 1.165) is 36.6 Å². The second kappa shape index (κ2) is 9.75. The predicted molar refractivity (Wildman–Crippen MR) is 110 cm³/mol. The highest BCUT2D eigenvalue weighted by Crippen LogP contribution is 2.29. The van der Waals surface area contributed by atoms with Crippen molar-refractivity contribution in [3.05, 3.63) is 36.9 Å². The van der Waals surface area contributed by atoms with Gasteiger partial charge in [-0.15, -0.1) is 16.8 Å². The standard InChI is InChI=1S/C20H26N4O3S/c1-4-11-21-19(25)14(2)28-20-23-22-18(15-7-9-16(26-3)10-8-15)24(20)13-17-6-5-12-27-17/h4,7-10,14,17H,1,5-6,11-13H2,2-3H3,(H,21,25). The summed E-state index contributed by atoms with van der Waals surface area (Å²) >= 11 is 1.40. The van der Waals surface area contributed by atoms with Crippen molar-refractivity contribution in [1.82, 2.24) is 20.1 Å². The number of thioether (sulfide) groups is 1. The third-order valence-corrected chi connectivity index (χ3v) is 5.63. The molecule has 2 atom stereocenters. The number of hydrogen-bond acceptors (Lipinski definition) is 6. The normalized spacial score (nSPS) is 17.3. The molecule has 1 aliphatic rings. The summed E-state index contributed by atoms with van der Waals surface area (Å²) in [5.41, 5.74) is 0.946. The minimum atomic E-state index is -0.295. The lowest BCUT2D eigenvalue weighted by Crippen LogP contribution is -2.31. The van der Waals surface area contributed by atoms with E-state index in [1.807, 2.05) is 31.2 Å². The molecule has 1 aromatic heterocycles. The van der Waals surface area contributed by atoms with Gasteiger partial charge in [-0.1, -0.05) is 17.8 Å². The van der Waals surface area contributed by atoms with Gasteiger partial charge in [0.2, 0.25) is 5.91 Å². The highest BCUT2D eigenvalue weighted by molar-refractivity contribution is 8.00. The van der Waals surface area contributed by atoms with Gasteiger partial charge < -0.3 is 14.8 Å². The summed E-state index contributed by atoms with van der Waals surface area (Å²) < 4.78 is 13.1. The summed E-state index contributed by atoms with van der Waals surface area (Å²) in [6, 6.07) is 7.73. The van der Waals surface area contributed by atoms with E-state index in [4.69, 9.17) is 9.47 Å². The first-order valence-corrected chi connectivity index (χ1v) is 10.2. The Bertz CT molecular complexity index is 800. The fourth-order valence-corrected chi connectivity index (χ4v) is 3.90. The minimum absolute atomic E-state index is 0.0532. The van der Waals surface area contributed by atoms with Gasteiger partial charge in [-0.25, -0.2) is 0 Å². The topological polar surface area (TPSA) is 78.3 Å². The van der Waals surface area contributed by atoms with Crippen LogP contribution >= 0.6 is 11.8 Å². The van der Waals surface area contributed by atoms with Gasteiger partial charge >= 0.3 is 0 Å². The van der Waals surface area contributed by atoms with E-state index >= 15 is 0 Å². The van der Waals surface area contributed by atoms with E-state index in [0.29, 0.717) is 18.2 Å². The Morgan fingerprint density at radius 2 is 2.25 bits per heavy atom. The first-order valence-electron chi connectivity index (χ1n) is 9.37. The number of rotatable bonds is 9. The number of nitrogens with zero attached hydrogens (tertiary/aromatic N) is 3. The molecule has 1 fully saturated rings. The Morgan fingerprint density at radius 3 is 2.89 bits per heavy atom. The number of methoxy groups -OCH3 is 1. The van der Waals surface area contributed by atoms with Crippen LogP contribution in [0.5, 0.6) is 5.75 Å². The van der Waals surface area contributed by atoms with E-state index < -0.39 is 0 Å². The Hall–Kier alpha value is -2.32.